The zero-order chi connectivity index (χ0) is 20.2. The van der Waals surface area contributed by atoms with Crippen molar-refractivity contribution in [2.24, 2.45) is 7.05 Å². The molecule has 2 heterocycles. The molecule has 0 saturated heterocycles. The fourth-order valence-electron chi connectivity index (χ4n) is 3.16. The highest BCUT2D eigenvalue weighted by Crippen LogP contribution is 2.28. The fraction of sp³-hybridized carbons (Fsp3) is 0.217. The summed E-state index contributed by atoms with van der Waals surface area (Å²) in [4.78, 5) is 4.38. The van der Waals surface area contributed by atoms with Gasteiger partial charge in [0.1, 0.15) is 0 Å². The van der Waals surface area contributed by atoms with Crippen LogP contribution in [0, 0.1) is 6.92 Å². The minimum atomic E-state index is 0.465. The van der Waals surface area contributed by atoms with Gasteiger partial charge in [0.15, 0.2) is 5.76 Å². The highest BCUT2D eigenvalue weighted by Gasteiger charge is 2.10. The van der Waals surface area contributed by atoms with Gasteiger partial charge >= 0.3 is 0 Å². The van der Waals surface area contributed by atoms with Crippen molar-refractivity contribution in [2.45, 2.75) is 20.5 Å². The fourth-order valence-corrected chi connectivity index (χ4v) is 3.16. The summed E-state index contributed by atoms with van der Waals surface area (Å²) >= 11 is 0. The van der Waals surface area contributed by atoms with E-state index < -0.39 is 0 Å². The first-order chi connectivity index (χ1) is 14.1. The number of oxazole rings is 1. The highest BCUT2D eigenvalue weighted by atomic mass is 16.5. The maximum Gasteiger partial charge on any atom is 0.299 e. The molecule has 0 saturated carbocycles. The van der Waals surface area contributed by atoms with Crippen LogP contribution in [0.3, 0.4) is 0 Å². The van der Waals surface area contributed by atoms with Gasteiger partial charge in [-0.3, -0.25) is 4.68 Å². The minimum Gasteiger partial charge on any atom is -0.423 e. The first-order valence-electron chi connectivity index (χ1n) is 9.63. The summed E-state index contributed by atoms with van der Waals surface area (Å²) in [6.45, 7) is 5.32. The molecule has 6 heteroatoms. The number of anilines is 2. The molecule has 4 rings (SSSR count). The maximum absolute atomic E-state index is 5.93. The van der Waals surface area contributed by atoms with Crippen molar-refractivity contribution < 1.29 is 9.15 Å². The maximum atomic E-state index is 5.93. The van der Waals surface area contributed by atoms with E-state index in [2.05, 4.69) is 45.7 Å². The standard InChI is InChI=1S/C23H24N4O2/c1-4-28-15-17-6-5-16(2)20(13-17)26-23-24-14-22(29-23)19-9-7-18(8-10-19)21-11-12-25-27(21)3/h5-14H,4,15H2,1-3H3,(H,24,26). The molecule has 0 atom stereocenters. The molecule has 0 fully saturated rings. The summed E-state index contributed by atoms with van der Waals surface area (Å²) < 4.78 is 13.3. The summed E-state index contributed by atoms with van der Waals surface area (Å²) in [5, 5.41) is 7.49. The van der Waals surface area contributed by atoms with Crippen LogP contribution in [0.2, 0.25) is 0 Å². The number of aromatic nitrogens is 3. The molecule has 0 radical (unpaired) electrons. The average molecular weight is 388 g/mol. The van der Waals surface area contributed by atoms with Crippen molar-refractivity contribution in [1.29, 1.82) is 0 Å². The van der Waals surface area contributed by atoms with Crippen LogP contribution in [0.4, 0.5) is 11.7 Å². The Bertz CT molecular complexity index is 1100. The molecule has 0 aliphatic carbocycles. The molecule has 148 valence electrons. The molecular weight excluding hydrogens is 364 g/mol. The third kappa shape index (κ3) is 4.22. The number of benzene rings is 2. The molecule has 0 aliphatic rings. The molecule has 2 aromatic heterocycles. The SMILES string of the molecule is CCOCc1ccc(C)c(Nc2ncc(-c3ccc(-c4ccnn4C)cc3)o2)c1. The number of nitrogens with one attached hydrogen (secondary N) is 1. The molecular formula is C23H24N4O2. The van der Waals surface area contributed by atoms with E-state index in [1.165, 1.54) is 0 Å². The predicted octanol–water partition coefficient (Wildman–Crippen LogP) is 5.33. The topological polar surface area (TPSA) is 65.1 Å². The summed E-state index contributed by atoms with van der Waals surface area (Å²) in [7, 11) is 1.93. The summed E-state index contributed by atoms with van der Waals surface area (Å²) in [5.41, 5.74) is 6.33. The second-order valence-corrected chi connectivity index (χ2v) is 6.86. The van der Waals surface area contributed by atoms with Crippen LogP contribution >= 0.6 is 0 Å². The van der Waals surface area contributed by atoms with Gasteiger partial charge in [-0.15, -0.1) is 0 Å². The molecule has 0 bridgehead atoms. The van der Waals surface area contributed by atoms with Gasteiger partial charge in [-0.2, -0.15) is 5.10 Å². The molecule has 0 spiro atoms. The van der Waals surface area contributed by atoms with E-state index in [0.29, 0.717) is 25.0 Å². The van der Waals surface area contributed by atoms with Crippen molar-refractivity contribution in [2.75, 3.05) is 11.9 Å². The number of rotatable bonds is 7. The third-order valence-electron chi connectivity index (χ3n) is 4.81. The lowest BCUT2D eigenvalue weighted by atomic mass is 10.1. The first kappa shape index (κ1) is 19.0. The average Bonchev–Trinajstić information content (AvgIpc) is 3.38. The smallest absolute Gasteiger partial charge is 0.299 e. The van der Waals surface area contributed by atoms with Gasteiger partial charge in [0.25, 0.3) is 6.01 Å². The van der Waals surface area contributed by atoms with Crippen LogP contribution in [0.1, 0.15) is 18.1 Å². The molecule has 0 aliphatic heterocycles. The largest absolute Gasteiger partial charge is 0.423 e. The van der Waals surface area contributed by atoms with E-state index in [1.54, 1.807) is 12.4 Å². The molecule has 0 unspecified atom stereocenters. The zero-order valence-electron chi connectivity index (χ0n) is 16.8. The normalized spacial score (nSPS) is 11.0. The van der Waals surface area contributed by atoms with Gasteiger partial charge < -0.3 is 14.5 Å². The number of hydrogen-bond donors (Lipinski definition) is 1. The molecule has 6 nitrogen and oxygen atoms in total. The number of ether oxygens (including phenoxy) is 1. The second-order valence-electron chi connectivity index (χ2n) is 6.86. The van der Waals surface area contributed by atoms with E-state index in [-0.39, 0.29) is 0 Å². The predicted molar refractivity (Wildman–Crippen MR) is 114 cm³/mol. The van der Waals surface area contributed by atoms with E-state index in [9.17, 15) is 0 Å². The van der Waals surface area contributed by atoms with E-state index in [0.717, 1.165) is 33.6 Å². The van der Waals surface area contributed by atoms with Crippen LogP contribution in [0.25, 0.3) is 22.6 Å². The molecule has 4 aromatic rings. The highest BCUT2D eigenvalue weighted by molar-refractivity contribution is 5.67. The Balaban J connectivity index is 1.51. The lowest BCUT2D eigenvalue weighted by molar-refractivity contribution is 0.134. The number of hydrogen-bond acceptors (Lipinski definition) is 5. The Labute approximate surface area is 170 Å². The quantitative estimate of drug-likeness (QED) is 0.463. The molecule has 2 aromatic carbocycles. The summed E-state index contributed by atoms with van der Waals surface area (Å²) in [5.74, 6) is 0.715. The van der Waals surface area contributed by atoms with Crippen LogP contribution in [-0.4, -0.2) is 21.4 Å². The van der Waals surface area contributed by atoms with E-state index in [4.69, 9.17) is 9.15 Å². The monoisotopic (exact) mass is 388 g/mol. The Kier molecular flexibility index (Phi) is 5.44. The molecule has 0 amide bonds. The zero-order valence-corrected chi connectivity index (χ0v) is 16.8. The molecule has 1 N–H and O–H groups in total. The van der Waals surface area contributed by atoms with Crippen molar-refractivity contribution in [3.63, 3.8) is 0 Å². The van der Waals surface area contributed by atoms with Gasteiger partial charge in [0.2, 0.25) is 0 Å². The van der Waals surface area contributed by atoms with Crippen LogP contribution in [-0.2, 0) is 18.4 Å². The van der Waals surface area contributed by atoms with E-state index >= 15 is 0 Å². The van der Waals surface area contributed by atoms with Crippen molar-refractivity contribution >= 4 is 11.7 Å². The lowest BCUT2D eigenvalue weighted by Gasteiger charge is -2.09. The van der Waals surface area contributed by atoms with E-state index in [1.807, 2.05) is 43.8 Å². The summed E-state index contributed by atoms with van der Waals surface area (Å²) in [6, 6.07) is 16.8. The Morgan fingerprint density at radius 2 is 1.86 bits per heavy atom. The molecule has 29 heavy (non-hydrogen) atoms. The van der Waals surface area contributed by atoms with Crippen LogP contribution in [0.15, 0.2) is 65.3 Å². The van der Waals surface area contributed by atoms with Crippen LogP contribution in [0.5, 0.6) is 0 Å². The van der Waals surface area contributed by atoms with Gasteiger partial charge in [0.05, 0.1) is 18.5 Å². The minimum absolute atomic E-state index is 0.465. The summed E-state index contributed by atoms with van der Waals surface area (Å²) in [6.07, 6.45) is 3.53. The van der Waals surface area contributed by atoms with Gasteiger partial charge in [-0.1, -0.05) is 36.4 Å². The number of aryl methyl sites for hydroxylation is 2. The second kappa shape index (κ2) is 8.32. The van der Waals surface area contributed by atoms with Gasteiger partial charge in [-0.05, 0) is 42.7 Å². The third-order valence-corrected chi connectivity index (χ3v) is 4.81. The van der Waals surface area contributed by atoms with Gasteiger partial charge in [-0.25, -0.2) is 4.98 Å². The van der Waals surface area contributed by atoms with Crippen LogP contribution < -0.4 is 5.32 Å². The van der Waals surface area contributed by atoms with Crippen molar-refractivity contribution in [1.82, 2.24) is 14.8 Å². The van der Waals surface area contributed by atoms with Gasteiger partial charge in [0, 0.05) is 31.1 Å². The Hall–Kier alpha value is -3.38. The van der Waals surface area contributed by atoms with Crippen molar-refractivity contribution in [3.8, 4) is 22.6 Å². The first-order valence-corrected chi connectivity index (χ1v) is 9.63. The Morgan fingerprint density at radius 1 is 1.07 bits per heavy atom. The Morgan fingerprint density at radius 3 is 2.59 bits per heavy atom. The number of nitrogens with zero attached hydrogens (tertiary/aromatic N) is 3. The van der Waals surface area contributed by atoms with Crippen molar-refractivity contribution in [3.05, 3.63) is 72.1 Å². The lowest BCUT2D eigenvalue weighted by Crippen LogP contribution is -1.97.